The van der Waals surface area contributed by atoms with Crippen molar-refractivity contribution in [2.75, 3.05) is 77.4 Å². The third-order valence-electron chi connectivity index (χ3n) is 7.46. The van der Waals surface area contributed by atoms with Crippen LogP contribution in [0.25, 0.3) is 0 Å². The molecule has 0 aromatic heterocycles. The summed E-state index contributed by atoms with van der Waals surface area (Å²) in [5.74, 6) is 4.93. The lowest BCUT2D eigenvalue weighted by molar-refractivity contribution is -0.137. The molecule has 0 fully saturated rings. The molecule has 0 bridgehead atoms. The third-order valence-corrected chi connectivity index (χ3v) is 7.46. The number of amides is 5. The van der Waals surface area contributed by atoms with Gasteiger partial charge in [0.25, 0.3) is 11.8 Å². The normalized spacial score (nSPS) is 13.2. The number of para-hydroxylation sites is 1. The monoisotopic (exact) mass is 674 g/mol. The van der Waals surface area contributed by atoms with Crippen LogP contribution in [0.2, 0.25) is 0 Å². The topological polar surface area (TPSA) is 153 Å². The van der Waals surface area contributed by atoms with E-state index < -0.39 is 11.8 Å². The first-order valence-electron chi connectivity index (χ1n) is 16.3. The molecule has 13 nitrogen and oxygen atoms in total. The molecule has 2 N–H and O–H groups in total. The molecule has 2 aromatic carbocycles. The van der Waals surface area contributed by atoms with Crippen LogP contribution < -0.4 is 15.5 Å². The molecule has 2 heterocycles. The van der Waals surface area contributed by atoms with Gasteiger partial charge in [-0.25, -0.2) is 0 Å². The number of nitrogens with one attached hydrogen (secondary N) is 2. The molecule has 4 rings (SSSR count). The van der Waals surface area contributed by atoms with Gasteiger partial charge in [-0.3, -0.25) is 28.9 Å². The van der Waals surface area contributed by atoms with Gasteiger partial charge in [0.05, 0.1) is 65.1 Å². The smallest absolute Gasteiger partial charge is 0.253 e. The predicted octanol–water partition coefficient (Wildman–Crippen LogP) is 1.33. The maximum Gasteiger partial charge on any atom is 0.253 e. The van der Waals surface area contributed by atoms with Crippen LogP contribution in [0.3, 0.4) is 0 Å². The number of rotatable bonds is 21. The first-order chi connectivity index (χ1) is 23.9. The van der Waals surface area contributed by atoms with Crippen LogP contribution in [-0.4, -0.2) is 107 Å². The summed E-state index contributed by atoms with van der Waals surface area (Å²) in [4.78, 5) is 63.1. The number of hydrogen-bond acceptors (Lipinski definition) is 9. The van der Waals surface area contributed by atoms with E-state index in [1.807, 2.05) is 48.5 Å². The molecule has 2 aliphatic heterocycles. The van der Waals surface area contributed by atoms with Crippen molar-refractivity contribution in [2.45, 2.75) is 25.8 Å². The molecule has 0 atom stereocenters. The van der Waals surface area contributed by atoms with Crippen molar-refractivity contribution in [3.8, 4) is 11.8 Å². The summed E-state index contributed by atoms with van der Waals surface area (Å²) in [6, 6.07) is 15.3. The Morgan fingerprint density at radius 2 is 1.14 bits per heavy atom. The predicted molar refractivity (Wildman–Crippen MR) is 179 cm³/mol. The lowest BCUT2D eigenvalue weighted by atomic mass is 10.0. The summed E-state index contributed by atoms with van der Waals surface area (Å²) in [5.41, 5.74) is 3.36. The molecule has 49 heavy (non-hydrogen) atoms. The molecular weight excluding hydrogens is 632 g/mol. The number of benzene rings is 2. The van der Waals surface area contributed by atoms with Crippen molar-refractivity contribution in [3.63, 3.8) is 0 Å². The van der Waals surface area contributed by atoms with Gasteiger partial charge in [-0.05, 0) is 23.8 Å². The Labute approximate surface area is 285 Å². The number of imide groups is 1. The maximum atomic E-state index is 13.3. The highest BCUT2D eigenvalue weighted by Gasteiger charge is 2.24. The second-order valence-corrected chi connectivity index (χ2v) is 11.0. The number of nitrogens with zero attached hydrogens (tertiary/aromatic N) is 2. The molecule has 0 aliphatic carbocycles. The largest absolute Gasteiger partial charge is 0.377 e. The molecule has 0 unspecified atom stereocenters. The zero-order chi connectivity index (χ0) is 34.7. The van der Waals surface area contributed by atoms with E-state index in [1.54, 1.807) is 4.90 Å². The molecule has 0 saturated carbocycles. The number of fused-ring (bicyclic) bond motifs is 2. The summed E-state index contributed by atoms with van der Waals surface area (Å²) in [7, 11) is 0. The van der Waals surface area contributed by atoms with Gasteiger partial charge in [-0.15, -0.1) is 0 Å². The van der Waals surface area contributed by atoms with Crippen LogP contribution in [0.4, 0.5) is 5.69 Å². The van der Waals surface area contributed by atoms with Crippen LogP contribution in [0, 0.1) is 11.8 Å². The minimum Gasteiger partial charge on any atom is -0.377 e. The van der Waals surface area contributed by atoms with Gasteiger partial charge < -0.3 is 34.5 Å². The van der Waals surface area contributed by atoms with Gasteiger partial charge in [-0.2, -0.15) is 0 Å². The maximum absolute atomic E-state index is 13.3. The highest BCUT2D eigenvalue weighted by atomic mass is 16.6. The van der Waals surface area contributed by atoms with E-state index in [0.717, 1.165) is 27.3 Å². The number of hydrogen-bond donors (Lipinski definition) is 2. The second-order valence-electron chi connectivity index (χ2n) is 11.0. The SMILES string of the molecule is O=C(CCC(=O)N1Cc2ccccc2C#Cc2ccccc21)NCCOCCOCCOCCOCCNC(=O)CCN1C(=O)C=CC1=O. The van der Waals surface area contributed by atoms with Crippen molar-refractivity contribution in [1.29, 1.82) is 0 Å². The van der Waals surface area contributed by atoms with Gasteiger partial charge in [0.2, 0.25) is 17.7 Å². The Bertz CT molecular complexity index is 1530. The van der Waals surface area contributed by atoms with Gasteiger partial charge in [0, 0.05) is 62.2 Å². The average molecular weight is 675 g/mol. The first-order valence-corrected chi connectivity index (χ1v) is 16.3. The molecule has 2 aromatic rings. The van der Waals surface area contributed by atoms with Gasteiger partial charge in [0.15, 0.2) is 0 Å². The Kier molecular flexibility index (Phi) is 15.5. The van der Waals surface area contributed by atoms with Crippen molar-refractivity contribution < 1.29 is 42.9 Å². The fourth-order valence-electron chi connectivity index (χ4n) is 4.89. The molecule has 0 radical (unpaired) electrons. The van der Waals surface area contributed by atoms with Crippen LogP contribution in [-0.2, 0) is 49.5 Å². The lowest BCUT2D eigenvalue weighted by Gasteiger charge is -2.26. The number of ether oxygens (including phenoxy) is 4. The van der Waals surface area contributed by atoms with E-state index in [9.17, 15) is 24.0 Å². The summed E-state index contributed by atoms with van der Waals surface area (Å²) in [6.07, 6.45) is 2.55. The van der Waals surface area contributed by atoms with Crippen LogP contribution in [0.5, 0.6) is 0 Å². The minimum atomic E-state index is -0.407. The van der Waals surface area contributed by atoms with Crippen LogP contribution >= 0.6 is 0 Å². The molecule has 5 amide bonds. The molecule has 0 spiro atoms. The number of carbonyl (C=O) groups excluding carboxylic acids is 5. The Morgan fingerprint density at radius 1 is 0.633 bits per heavy atom. The fraction of sp³-hybridized carbons (Fsp3) is 0.417. The quantitative estimate of drug-likeness (QED) is 0.114. The summed E-state index contributed by atoms with van der Waals surface area (Å²) in [6.45, 7) is 3.96. The molecule has 13 heteroatoms. The van der Waals surface area contributed by atoms with Gasteiger partial charge in [-0.1, -0.05) is 42.2 Å². The zero-order valence-electron chi connectivity index (χ0n) is 27.4. The van der Waals surface area contributed by atoms with E-state index in [1.165, 1.54) is 12.2 Å². The zero-order valence-corrected chi connectivity index (χ0v) is 27.4. The van der Waals surface area contributed by atoms with Crippen molar-refractivity contribution >= 4 is 35.2 Å². The Morgan fingerprint density at radius 3 is 1.78 bits per heavy atom. The second kappa shape index (κ2) is 20.5. The van der Waals surface area contributed by atoms with E-state index in [-0.39, 0.29) is 43.5 Å². The van der Waals surface area contributed by atoms with Crippen molar-refractivity contribution in [1.82, 2.24) is 15.5 Å². The minimum absolute atomic E-state index is 0.0381. The Hall–Kier alpha value is -4.87. The highest BCUT2D eigenvalue weighted by Crippen LogP contribution is 2.26. The van der Waals surface area contributed by atoms with Crippen LogP contribution in [0.15, 0.2) is 60.7 Å². The van der Waals surface area contributed by atoms with Gasteiger partial charge >= 0.3 is 0 Å². The number of carbonyl (C=O) groups is 5. The summed E-state index contributed by atoms with van der Waals surface area (Å²) in [5, 5.41) is 5.46. The van der Waals surface area contributed by atoms with E-state index in [0.29, 0.717) is 72.5 Å². The van der Waals surface area contributed by atoms with Crippen molar-refractivity contribution in [3.05, 3.63) is 77.4 Å². The average Bonchev–Trinajstić information content (AvgIpc) is 3.42. The van der Waals surface area contributed by atoms with Gasteiger partial charge in [0.1, 0.15) is 0 Å². The van der Waals surface area contributed by atoms with Crippen molar-refractivity contribution in [2.24, 2.45) is 0 Å². The standard InChI is InChI=1S/C36H42N4O9/c41-32(11-12-36(45)40-27-30-7-2-1-5-28(30)9-10-29-6-3-4-8-31(29)40)37-16-19-46-21-23-48-25-26-49-24-22-47-20-17-38-33(42)15-18-39-34(43)13-14-35(39)44/h1-8,13-14H,11-12,15-27H2,(H,37,41)(H,38,42). The van der Waals surface area contributed by atoms with E-state index in [4.69, 9.17) is 18.9 Å². The first kappa shape index (κ1) is 37.0. The van der Waals surface area contributed by atoms with E-state index >= 15 is 0 Å². The fourth-order valence-corrected chi connectivity index (χ4v) is 4.89. The Balaban J connectivity index is 0.944. The molecule has 0 saturated heterocycles. The number of anilines is 1. The highest BCUT2D eigenvalue weighted by molar-refractivity contribution is 6.13. The molecule has 2 aliphatic rings. The summed E-state index contributed by atoms with van der Waals surface area (Å²) >= 11 is 0. The van der Waals surface area contributed by atoms with Crippen LogP contribution in [0.1, 0.15) is 36.0 Å². The summed E-state index contributed by atoms with van der Waals surface area (Å²) < 4.78 is 21.8. The molecule has 260 valence electrons. The molecular formula is C36H42N4O9. The third kappa shape index (κ3) is 12.6. The van der Waals surface area contributed by atoms with E-state index in [2.05, 4.69) is 22.5 Å². The lowest BCUT2D eigenvalue weighted by Crippen LogP contribution is -2.35.